The summed E-state index contributed by atoms with van der Waals surface area (Å²) in [5, 5.41) is 11.2. The first-order valence-electron chi connectivity index (χ1n) is 6.10. The van der Waals surface area contributed by atoms with Gasteiger partial charge in [0.05, 0.1) is 0 Å². The Morgan fingerprint density at radius 1 is 1.50 bits per heavy atom. The van der Waals surface area contributed by atoms with Gasteiger partial charge in [-0.25, -0.2) is 0 Å². The molecule has 0 bridgehead atoms. The van der Waals surface area contributed by atoms with Gasteiger partial charge in [-0.15, -0.1) is 0 Å². The molecule has 1 N–H and O–H groups in total. The topological polar surface area (TPSA) is 46.9 Å². The van der Waals surface area contributed by atoms with Gasteiger partial charge in [0.1, 0.15) is 0 Å². The van der Waals surface area contributed by atoms with Gasteiger partial charge in [0.15, 0.2) is 0 Å². The SMILES string of the molecule is O=C(CCc1ccsc1)NCCCn1cccn1. The maximum atomic E-state index is 11.6. The number of aryl methyl sites for hydroxylation is 2. The first kappa shape index (κ1) is 12.8. The lowest BCUT2D eigenvalue weighted by atomic mass is 10.2. The van der Waals surface area contributed by atoms with E-state index < -0.39 is 0 Å². The van der Waals surface area contributed by atoms with Gasteiger partial charge < -0.3 is 5.32 Å². The van der Waals surface area contributed by atoms with Crippen LogP contribution >= 0.6 is 11.3 Å². The van der Waals surface area contributed by atoms with E-state index in [1.54, 1.807) is 17.5 Å². The quantitative estimate of drug-likeness (QED) is 0.777. The molecule has 2 rings (SSSR count). The van der Waals surface area contributed by atoms with E-state index in [1.165, 1.54) is 5.56 Å². The molecule has 0 unspecified atom stereocenters. The minimum Gasteiger partial charge on any atom is -0.356 e. The average Bonchev–Trinajstić information content (AvgIpc) is 3.04. The minimum absolute atomic E-state index is 0.127. The van der Waals surface area contributed by atoms with Crippen LogP contribution in [0.15, 0.2) is 35.3 Å². The van der Waals surface area contributed by atoms with Crippen LogP contribution in [-0.2, 0) is 17.8 Å². The van der Waals surface area contributed by atoms with E-state index in [-0.39, 0.29) is 5.91 Å². The Morgan fingerprint density at radius 3 is 3.17 bits per heavy atom. The van der Waals surface area contributed by atoms with E-state index in [2.05, 4.69) is 21.9 Å². The smallest absolute Gasteiger partial charge is 0.220 e. The molecule has 0 aliphatic rings. The molecule has 0 aromatic carbocycles. The third kappa shape index (κ3) is 4.33. The largest absolute Gasteiger partial charge is 0.356 e. The predicted octanol–water partition coefficient (Wildman–Crippen LogP) is 2.08. The number of amides is 1. The van der Waals surface area contributed by atoms with Crippen LogP contribution in [0.3, 0.4) is 0 Å². The summed E-state index contributed by atoms with van der Waals surface area (Å²) in [5.74, 6) is 0.127. The van der Waals surface area contributed by atoms with Crippen LogP contribution in [0, 0.1) is 0 Å². The zero-order valence-corrected chi connectivity index (χ0v) is 11.0. The lowest BCUT2D eigenvalue weighted by molar-refractivity contribution is -0.121. The number of thiophene rings is 1. The first-order valence-corrected chi connectivity index (χ1v) is 7.04. The van der Waals surface area contributed by atoms with E-state index in [0.717, 1.165) is 19.4 Å². The highest BCUT2D eigenvalue weighted by molar-refractivity contribution is 7.07. The molecule has 2 aromatic heterocycles. The summed E-state index contributed by atoms with van der Waals surface area (Å²) in [6, 6.07) is 3.97. The Bertz CT molecular complexity index is 451. The number of hydrogen-bond acceptors (Lipinski definition) is 3. The molecule has 18 heavy (non-hydrogen) atoms. The number of hydrogen-bond donors (Lipinski definition) is 1. The van der Waals surface area contributed by atoms with E-state index in [0.29, 0.717) is 13.0 Å². The van der Waals surface area contributed by atoms with Crippen molar-refractivity contribution in [3.8, 4) is 0 Å². The number of aromatic nitrogens is 2. The van der Waals surface area contributed by atoms with Gasteiger partial charge in [0.2, 0.25) is 5.91 Å². The zero-order chi connectivity index (χ0) is 12.6. The molecule has 0 saturated heterocycles. The van der Waals surface area contributed by atoms with Crippen LogP contribution in [0.4, 0.5) is 0 Å². The van der Waals surface area contributed by atoms with Crippen LogP contribution in [0.2, 0.25) is 0 Å². The maximum Gasteiger partial charge on any atom is 0.220 e. The van der Waals surface area contributed by atoms with Crippen LogP contribution < -0.4 is 5.32 Å². The third-order valence-corrected chi connectivity index (χ3v) is 3.40. The maximum absolute atomic E-state index is 11.6. The van der Waals surface area contributed by atoms with E-state index in [4.69, 9.17) is 0 Å². The molecule has 5 heteroatoms. The van der Waals surface area contributed by atoms with Crippen LogP contribution in [-0.4, -0.2) is 22.2 Å². The molecular formula is C13H17N3OS. The van der Waals surface area contributed by atoms with Crippen molar-refractivity contribution in [1.82, 2.24) is 15.1 Å². The van der Waals surface area contributed by atoms with E-state index in [9.17, 15) is 4.79 Å². The molecule has 2 aromatic rings. The summed E-state index contributed by atoms with van der Waals surface area (Å²) >= 11 is 1.67. The zero-order valence-electron chi connectivity index (χ0n) is 10.2. The lowest BCUT2D eigenvalue weighted by Crippen LogP contribution is -2.25. The molecule has 0 spiro atoms. The molecule has 0 saturated carbocycles. The monoisotopic (exact) mass is 263 g/mol. The summed E-state index contributed by atoms with van der Waals surface area (Å²) in [5.41, 5.74) is 1.24. The molecule has 0 fully saturated rings. The summed E-state index contributed by atoms with van der Waals surface area (Å²) in [6.07, 6.45) is 6.00. The second-order valence-corrected chi connectivity index (χ2v) is 4.88. The number of carbonyl (C=O) groups excluding carboxylic acids is 1. The van der Waals surface area contributed by atoms with Crippen molar-refractivity contribution in [2.24, 2.45) is 0 Å². The Kier molecular flexibility index (Phi) is 4.96. The fraction of sp³-hybridized carbons (Fsp3) is 0.385. The molecule has 0 atom stereocenters. The summed E-state index contributed by atoms with van der Waals surface area (Å²) in [7, 11) is 0. The van der Waals surface area contributed by atoms with Gasteiger partial charge in [-0.05, 0) is 41.3 Å². The molecule has 1 amide bonds. The van der Waals surface area contributed by atoms with Crippen molar-refractivity contribution >= 4 is 17.2 Å². The minimum atomic E-state index is 0.127. The standard InChI is InChI=1S/C13H17N3OS/c17-13(4-3-12-5-10-18-11-12)14-6-1-8-16-9-2-7-15-16/h2,5,7,9-11H,1,3-4,6,8H2,(H,14,17). The van der Waals surface area contributed by atoms with Crippen LogP contribution in [0.1, 0.15) is 18.4 Å². The summed E-state index contributed by atoms with van der Waals surface area (Å²) in [6.45, 7) is 1.56. The fourth-order valence-corrected chi connectivity index (χ4v) is 2.39. The molecule has 2 heterocycles. The Balaban J connectivity index is 1.55. The van der Waals surface area contributed by atoms with Crippen molar-refractivity contribution in [2.75, 3.05) is 6.54 Å². The van der Waals surface area contributed by atoms with E-state index >= 15 is 0 Å². The van der Waals surface area contributed by atoms with E-state index in [1.807, 2.05) is 22.3 Å². The van der Waals surface area contributed by atoms with Crippen molar-refractivity contribution < 1.29 is 4.79 Å². The van der Waals surface area contributed by atoms with Gasteiger partial charge >= 0.3 is 0 Å². The summed E-state index contributed by atoms with van der Waals surface area (Å²) in [4.78, 5) is 11.6. The fourth-order valence-electron chi connectivity index (χ4n) is 1.68. The van der Waals surface area contributed by atoms with Gasteiger partial charge in [0.25, 0.3) is 0 Å². The van der Waals surface area contributed by atoms with Crippen molar-refractivity contribution in [1.29, 1.82) is 0 Å². The predicted molar refractivity (Wildman–Crippen MR) is 72.5 cm³/mol. The Morgan fingerprint density at radius 2 is 2.44 bits per heavy atom. The number of nitrogens with one attached hydrogen (secondary N) is 1. The molecule has 4 nitrogen and oxygen atoms in total. The summed E-state index contributed by atoms with van der Waals surface area (Å²) < 4.78 is 1.87. The second-order valence-electron chi connectivity index (χ2n) is 4.10. The highest BCUT2D eigenvalue weighted by atomic mass is 32.1. The molecule has 0 aliphatic heterocycles. The Hall–Kier alpha value is -1.62. The molecule has 0 radical (unpaired) electrons. The normalized spacial score (nSPS) is 10.4. The van der Waals surface area contributed by atoms with Crippen LogP contribution in [0.25, 0.3) is 0 Å². The lowest BCUT2D eigenvalue weighted by Gasteiger charge is -2.05. The Labute approximate surface area is 111 Å². The second kappa shape index (κ2) is 6.96. The highest BCUT2D eigenvalue weighted by Crippen LogP contribution is 2.08. The van der Waals surface area contributed by atoms with Gasteiger partial charge in [0, 0.05) is 31.9 Å². The van der Waals surface area contributed by atoms with Gasteiger partial charge in [-0.3, -0.25) is 9.48 Å². The number of nitrogens with zero attached hydrogens (tertiary/aromatic N) is 2. The number of carbonyl (C=O) groups is 1. The highest BCUT2D eigenvalue weighted by Gasteiger charge is 2.01. The molecular weight excluding hydrogens is 246 g/mol. The van der Waals surface area contributed by atoms with Gasteiger partial charge in [-0.2, -0.15) is 16.4 Å². The van der Waals surface area contributed by atoms with Crippen molar-refractivity contribution in [3.05, 3.63) is 40.8 Å². The van der Waals surface area contributed by atoms with Gasteiger partial charge in [-0.1, -0.05) is 0 Å². The first-order chi connectivity index (χ1) is 8.84. The average molecular weight is 263 g/mol. The van der Waals surface area contributed by atoms with Crippen molar-refractivity contribution in [3.63, 3.8) is 0 Å². The third-order valence-electron chi connectivity index (χ3n) is 2.67. The molecule has 0 aliphatic carbocycles. The van der Waals surface area contributed by atoms with Crippen molar-refractivity contribution in [2.45, 2.75) is 25.8 Å². The molecule has 96 valence electrons. The number of rotatable bonds is 7. The van der Waals surface area contributed by atoms with Crippen LogP contribution in [0.5, 0.6) is 0 Å².